The number of amides is 4. The van der Waals surface area contributed by atoms with E-state index in [-0.39, 0.29) is 33.3 Å². The summed E-state index contributed by atoms with van der Waals surface area (Å²) in [5.74, 6) is -22.6. The number of fused-ring (bicyclic) bond motifs is 4. The van der Waals surface area contributed by atoms with Gasteiger partial charge in [-0.2, -0.15) is 5.06 Å². The highest BCUT2D eigenvalue weighted by Crippen LogP contribution is 2.66. The van der Waals surface area contributed by atoms with Gasteiger partial charge in [0, 0.05) is 5.92 Å². The number of rotatable bonds is 2. The number of hydroxylamine groups is 2. The highest BCUT2D eigenvalue weighted by atomic mass is 35.5. The molecule has 0 bridgehead atoms. The van der Waals surface area contributed by atoms with Crippen LogP contribution in [0.5, 0.6) is 5.75 Å². The predicted octanol–water partition coefficient (Wildman–Crippen LogP) is 4.04. The molecule has 2 aromatic rings. The van der Waals surface area contributed by atoms with E-state index in [1.54, 1.807) is 0 Å². The van der Waals surface area contributed by atoms with E-state index in [9.17, 15) is 51.4 Å². The van der Waals surface area contributed by atoms with Crippen LogP contribution in [-0.4, -0.2) is 48.8 Å². The Morgan fingerprint density at radius 1 is 0.805 bits per heavy atom. The van der Waals surface area contributed by atoms with Gasteiger partial charge in [-0.3, -0.25) is 24.4 Å². The Balaban J connectivity index is 1.61. The van der Waals surface area contributed by atoms with Crippen LogP contribution in [0, 0.1) is 46.8 Å². The number of nitrogens with zero attached hydrogens (tertiary/aromatic N) is 2. The molecule has 2 N–H and O–H groups in total. The third kappa shape index (κ3) is 3.25. The summed E-state index contributed by atoms with van der Waals surface area (Å²) in [6, 6.07) is 5.00. The third-order valence-corrected chi connectivity index (χ3v) is 9.84. The summed E-state index contributed by atoms with van der Waals surface area (Å²) in [5.41, 5.74) is -1.52. The zero-order chi connectivity index (χ0) is 29.9. The number of benzene rings is 2. The van der Waals surface area contributed by atoms with Crippen molar-refractivity contribution >= 4 is 52.5 Å². The van der Waals surface area contributed by atoms with Crippen molar-refractivity contribution in [2.24, 2.45) is 17.8 Å². The van der Waals surface area contributed by atoms with Crippen molar-refractivity contribution < 1.29 is 51.4 Å². The van der Waals surface area contributed by atoms with Gasteiger partial charge in [0.25, 0.3) is 23.6 Å². The number of alkyl halides is 2. The number of aromatic hydroxyl groups is 1. The smallest absolute Gasteiger partial charge is 0.258 e. The molecule has 0 spiro atoms. The summed E-state index contributed by atoms with van der Waals surface area (Å²) in [6.07, 6.45) is 0.703. The molecule has 2 aliphatic carbocycles. The topological polar surface area (TPSA) is 115 Å². The molecule has 6 rings (SSSR count). The Hall–Kier alpha value is -3.55. The Morgan fingerprint density at radius 2 is 1.37 bits per heavy atom. The van der Waals surface area contributed by atoms with Crippen LogP contribution in [0.2, 0.25) is 0 Å². The maximum absolute atomic E-state index is 14.9. The monoisotopic (exact) mass is 616 g/mol. The highest BCUT2D eigenvalue weighted by molar-refractivity contribution is 6.58. The summed E-state index contributed by atoms with van der Waals surface area (Å²) < 4.78 is 71.9. The molecule has 3 fully saturated rings. The molecule has 2 aromatic carbocycles. The van der Waals surface area contributed by atoms with Crippen LogP contribution in [0.15, 0.2) is 35.9 Å². The average Bonchev–Trinajstić information content (AvgIpc) is 3.25. The standard InChI is InChI=1S/C26H15Cl2F5N2O6/c27-25-7-12-10(5-6-11-13(12)22(38)35(41)21(11)37)14(8-1-3-9(36)4-2-8)26(25,28)24(40)34(23(25)39)20-18(32)16(30)15(29)17(31)19(20)33/h1-5,11-14,36,41H,6-7H2/t11-,12+,13-,14-,25+,26-/m0/s1. The second kappa shape index (κ2) is 8.73. The van der Waals surface area contributed by atoms with Gasteiger partial charge in [-0.15, -0.1) is 23.2 Å². The first-order chi connectivity index (χ1) is 19.2. The van der Waals surface area contributed by atoms with E-state index < -0.39 is 98.2 Å². The fourth-order valence-corrected chi connectivity index (χ4v) is 7.53. The molecule has 2 saturated heterocycles. The molecule has 2 aliphatic heterocycles. The van der Waals surface area contributed by atoms with Crippen molar-refractivity contribution in [1.82, 2.24) is 5.06 Å². The van der Waals surface area contributed by atoms with E-state index in [1.807, 2.05) is 0 Å². The van der Waals surface area contributed by atoms with Crippen LogP contribution in [-0.2, 0) is 19.2 Å². The number of anilines is 1. The lowest BCUT2D eigenvalue weighted by molar-refractivity contribution is -0.173. The van der Waals surface area contributed by atoms with Crippen molar-refractivity contribution in [3.63, 3.8) is 0 Å². The maximum Gasteiger partial charge on any atom is 0.258 e. The first kappa shape index (κ1) is 27.6. The largest absolute Gasteiger partial charge is 0.508 e. The van der Waals surface area contributed by atoms with Crippen molar-refractivity contribution in [2.45, 2.75) is 28.5 Å². The minimum absolute atomic E-state index is 0.0616. The lowest BCUT2D eigenvalue weighted by Gasteiger charge is -2.50. The van der Waals surface area contributed by atoms with E-state index in [2.05, 4.69) is 0 Å². The van der Waals surface area contributed by atoms with Gasteiger partial charge < -0.3 is 5.11 Å². The minimum atomic E-state index is -2.65. The number of phenols is 1. The number of carbonyl (C=O) groups excluding carboxylic acids is 4. The van der Waals surface area contributed by atoms with Gasteiger partial charge in [-0.1, -0.05) is 23.8 Å². The van der Waals surface area contributed by atoms with Crippen molar-refractivity contribution in [1.29, 1.82) is 0 Å². The van der Waals surface area contributed by atoms with Gasteiger partial charge in [-0.25, -0.2) is 26.9 Å². The molecule has 0 unspecified atom stereocenters. The van der Waals surface area contributed by atoms with Crippen molar-refractivity contribution in [2.75, 3.05) is 4.90 Å². The van der Waals surface area contributed by atoms with E-state index in [4.69, 9.17) is 23.2 Å². The first-order valence-electron chi connectivity index (χ1n) is 12.0. The van der Waals surface area contributed by atoms with Crippen LogP contribution in [0.25, 0.3) is 0 Å². The zero-order valence-corrected chi connectivity index (χ0v) is 21.7. The fourth-order valence-electron chi connectivity index (χ4n) is 6.59. The van der Waals surface area contributed by atoms with Gasteiger partial charge in [0.15, 0.2) is 33.0 Å². The number of imide groups is 2. The van der Waals surface area contributed by atoms with Gasteiger partial charge in [-0.05, 0) is 36.5 Å². The van der Waals surface area contributed by atoms with Crippen LogP contribution in [0.3, 0.4) is 0 Å². The third-order valence-electron chi connectivity index (χ3n) is 8.42. The lowest BCUT2D eigenvalue weighted by atomic mass is 9.56. The minimum Gasteiger partial charge on any atom is -0.508 e. The Kier molecular flexibility index (Phi) is 5.88. The summed E-state index contributed by atoms with van der Waals surface area (Å²) in [4.78, 5) is 47.7. The molecule has 2 heterocycles. The number of hydrogen-bond acceptors (Lipinski definition) is 6. The predicted molar refractivity (Wildman–Crippen MR) is 128 cm³/mol. The van der Waals surface area contributed by atoms with Crippen LogP contribution >= 0.6 is 23.2 Å². The molecule has 214 valence electrons. The maximum atomic E-state index is 14.9. The Bertz CT molecular complexity index is 1610. The van der Waals surface area contributed by atoms with Crippen molar-refractivity contribution in [3.8, 4) is 5.75 Å². The first-order valence-corrected chi connectivity index (χ1v) is 12.8. The molecule has 6 atom stereocenters. The summed E-state index contributed by atoms with van der Waals surface area (Å²) >= 11 is 13.8. The second-order valence-corrected chi connectivity index (χ2v) is 11.5. The average molecular weight is 617 g/mol. The normalized spacial score (nSPS) is 32.7. The number of hydrogen-bond donors (Lipinski definition) is 2. The molecule has 4 aliphatic rings. The number of phenolic OH excluding ortho intramolecular Hbond substituents is 1. The molecule has 8 nitrogen and oxygen atoms in total. The summed E-state index contributed by atoms with van der Waals surface area (Å²) in [6.45, 7) is 0. The number of allylic oxidation sites excluding steroid dienone is 2. The molecule has 0 aromatic heterocycles. The SMILES string of the molecule is O=C1[C@H]2[C@H](CC=C3[C@H]2C[C@@]2(Cl)C(=O)N(c4c(F)c(F)c(F)c(F)c4F)C(=O)[C@@]2(Cl)[C@H]3c2ccc(O)cc2)C(=O)N1O. The molecule has 4 amide bonds. The van der Waals surface area contributed by atoms with Crippen molar-refractivity contribution in [3.05, 3.63) is 70.6 Å². The van der Waals surface area contributed by atoms with Crippen LogP contribution < -0.4 is 4.90 Å². The molecule has 15 heteroatoms. The van der Waals surface area contributed by atoms with E-state index in [1.165, 1.54) is 30.3 Å². The quantitative estimate of drug-likeness (QED) is 0.100. The van der Waals surface area contributed by atoms with Crippen LogP contribution in [0.4, 0.5) is 27.6 Å². The van der Waals surface area contributed by atoms with E-state index in [0.29, 0.717) is 0 Å². The number of halogens is 7. The highest BCUT2D eigenvalue weighted by Gasteiger charge is 2.77. The lowest BCUT2D eigenvalue weighted by Crippen LogP contribution is -2.60. The zero-order valence-electron chi connectivity index (χ0n) is 20.2. The summed E-state index contributed by atoms with van der Waals surface area (Å²) in [5, 5.41) is 19.8. The molecular formula is C26H15Cl2F5N2O6. The summed E-state index contributed by atoms with van der Waals surface area (Å²) in [7, 11) is 0. The van der Waals surface area contributed by atoms with Gasteiger partial charge in [0.1, 0.15) is 11.4 Å². The fraction of sp³-hybridized carbons (Fsp3) is 0.308. The molecule has 0 radical (unpaired) electrons. The van der Waals surface area contributed by atoms with Gasteiger partial charge >= 0.3 is 0 Å². The van der Waals surface area contributed by atoms with E-state index >= 15 is 0 Å². The molecular weight excluding hydrogens is 602 g/mol. The van der Waals surface area contributed by atoms with Crippen LogP contribution in [0.1, 0.15) is 24.3 Å². The van der Waals surface area contributed by atoms with Gasteiger partial charge in [0.2, 0.25) is 5.82 Å². The van der Waals surface area contributed by atoms with E-state index in [0.717, 1.165) is 0 Å². The molecule has 1 saturated carbocycles. The second-order valence-electron chi connectivity index (χ2n) is 10.3. The Labute approximate surface area is 236 Å². The number of carbonyl (C=O) groups is 4. The Morgan fingerprint density at radius 3 is 1.95 bits per heavy atom. The van der Waals surface area contributed by atoms with Gasteiger partial charge in [0.05, 0.1) is 11.8 Å². The molecule has 41 heavy (non-hydrogen) atoms.